The van der Waals surface area contributed by atoms with Gasteiger partial charge in [0.15, 0.2) is 0 Å². The van der Waals surface area contributed by atoms with Crippen LogP contribution >= 0.6 is 0 Å². The van der Waals surface area contributed by atoms with Gasteiger partial charge in [-0.25, -0.2) is 5.43 Å². The molecule has 6 nitrogen and oxygen atoms in total. The Kier molecular flexibility index (Phi) is 5.29. The maximum atomic E-state index is 12.9. The number of hydrogen-bond donors (Lipinski definition) is 2. The number of nitrogens with zero attached hydrogens (tertiary/aromatic N) is 3. The van der Waals surface area contributed by atoms with Gasteiger partial charge in [0.1, 0.15) is 6.04 Å². The zero-order chi connectivity index (χ0) is 17.1. The largest absolute Gasteiger partial charge is 0.339 e. The van der Waals surface area contributed by atoms with Crippen LogP contribution in [-0.4, -0.2) is 65.5 Å². The normalized spacial score (nSPS) is 30.2. The summed E-state index contributed by atoms with van der Waals surface area (Å²) < 4.78 is 0. The third-order valence-corrected chi connectivity index (χ3v) is 6.03. The summed E-state index contributed by atoms with van der Waals surface area (Å²) in [5.41, 5.74) is 7.80. The SMILES string of the molecule is O=C(C1NNC2CCCCC21)N1CCN(CCc2ccccn2)CC1. The van der Waals surface area contributed by atoms with E-state index in [0.717, 1.165) is 44.8 Å². The summed E-state index contributed by atoms with van der Waals surface area (Å²) in [6.07, 6.45) is 7.74. The highest BCUT2D eigenvalue weighted by Crippen LogP contribution is 2.30. The molecule has 3 aliphatic rings. The third kappa shape index (κ3) is 3.86. The lowest BCUT2D eigenvalue weighted by molar-refractivity contribution is -0.136. The van der Waals surface area contributed by atoms with Crippen LogP contribution in [0.4, 0.5) is 0 Å². The minimum Gasteiger partial charge on any atom is -0.339 e. The monoisotopic (exact) mass is 343 g/mol. The molecule has 136 valence electrons. The van der Waals surface area contributed by atoms with Crippen molar-refractivity contribution < 1.29 is 4.79 Å². The summed E-state index contributed by atoms with van der Waals surface area (Å²) in [4.78, 5) is 21.8. The van der Waals surface area contributed by atoms with Gasteiger partial charge < -0.3 is 4.90 Å². The van der Waals surface area contributed by atoms with Gasteiger partial charge in [0, 0.05) is 63.0 Å². The van der Waals surface area contributed by atoms with E-state index >= 15 is 0 Å². The van der Waals surface area contributed by atoms with E-state index in [4.69, 9.17) is 0 Å². The molecule has 0 spiro atoms. The minimum atomic E-state index is -0.0228. The fraction of sp³-hybridized carbons (Fsp3) is 0.684. The van der Waals surface area contributed by atoms with Crippen LogP contribution in [-0.2, 0) is 11.2 Å². The van der Waals surface area contributed by atoms with E-state index in [1.807, 2.05) is 18.3 Å². The second-order valence-corrected chi connectivity index (χ2v) is 7.56. The van der Waals surface area contributed by atoms with E-state index in [2.05, 4.69) is 31.7 Å². The Morgan fingerprint density at radius 2 is 1.96 bits per heavy atom. The van der Waals surface area contributed by atoms with Gasteiger partial charge >= 0.3 is 0 Å². The van der Waals surface area contributed by atoms with Crippen molar-refractivity contribution in [1.82, 2.24) is 25.6 Å². The van der Waals surface area contributed by atoms with Crippen molar-refractivity contribution in [3.63, 3.8) is 0 Å². The molecule has 0 bridgehead atoms. The molecule has 1 aromatic rings. The van der Waals surface area contributed by atoms with Gasteiger partial charge in [-0.05, 0) is 25.0 Å². The maximum Gasteiger partial charge on any atom is 0.241 e. The van der Waals surface area contributed by atoms with Crippen molar-refractivity contribution >= 4 is 5.91 Å². The van der Waals surface area contributed by atoms with Crippen LogP contribution < -0.4 is 10.9 Å². The Balaban J connectivity index is 1.25. The molecule has 3 fully saturated rings. The molecular formula is C19H29N5O. The first-order valence-corrected chi connectivity index (χ1v) is 9.73. The molecule has 0 radical (unpaired) electrons. The van der Waals surface area contributed by atoms with Crippen molar-refractivity contribution in [2.45, 2.75) is 44.2 Å². The number of amides is 1. The van der Waals surface area contributed by atoms with Gasteiger partial charge in [-0.3, -0.25) is 20.1 Å². The second-order valence-electron chi connectivity index (χ2n) is 7.56. The van der Waals surface area contributed by atoms with Crippen molar-refractivity contribution in [3.05, 3.63) is 30.1 Å². The molecule has 3 unspecified atom stereocenters. The molecule has 1 saturated carbocycles. The van der Waals surface area contributed by atoms with Crippen LogP contribution in [0.3, 0.4) is 0 Å². The van der Waals surface area contributed by atoms with Crippen LogP contribution in [0.5, 0.6) is 0 Å². The predicted octanol–water partition coefficient (Wildman–Crippen LogP) is 0.804. The van der Waals surface area contributed by atoms with E-state index in [9.17, 15) is 4.79 Å². The minimum absolute atomic E-state index is 0.0228. The Labute approximate surface area is 149 Å². The molecule has 3 heterocycles. The van der Waals surface area contributed by atoms with Crippen molar-refractivity contribution in [2.24, 2.45) is 5.92 Å². The Morgan fingerprint density at radius 1 is 1.12 bits per heavy atom. The smallest absolute Gasteiger partial charge is 0.241 e. The number of rotatable bonds is 4. The highest BCUT2D eigenvalue weighted by molar-refractivity contribution is 5.82. The Bertz CT molecular complexity index is 572. The predicted molar refractivity (Wildman–Crippen MR) is 96.8 cm³/mol. The molecule has 2 saturated heterocycles. The number of aromatic nitrogens is 1. The lowest BCUT2D eigenvalue weighted by Gasteiger charge is -2.37. The molecule has 3 atom stereocenters. The quantitative estimate of drug-likeness (QED) is 0.847. The van der Waals surface area contributed by atoms with E-state index in [1.165, 1.54) is 25.7 Å². The molecule has 1 aromatic heterocycles. The molecule has 25 heavy (non-hydrogen) atoms. The summed E-state index contributed by atoms with van der Waals surface area (Å²) in [7, 11) is 0. The highest BCUT2D eigenvalue weighted by Gasteiger charge is 2.42. The molecule has 6 heteroatoms. The molecule has 4 rings (SSSR count). The van der Waals surface area contributed by atoms with Gasteiger partial charge in [0.25, 0.3) is 0 Å². The van der Waals surface area contributed by atoms with Gasteiger partial charge in [0.05, 0.1) is 0 Å². The number of nitrogens with one attached hydrogen (secondary N) is 2. The zero-order valence-corrected chi connectivity index (χ0v) is 14.9. The third-order valence-electron chi connectivity index (χ3n) is 6.03. The number of piperazine rings is 1. The fourth-order valence-corrected chi connectivity index (χ4v) is 4.49. The number of carbonyl (C=O) groups excluding carboxylic acids is 1. The summed E-state index contributed by atoms with van der Waals surface area (Å²) in [6, 6.07) is 6.54. The number of hydrogen-bond acceptors (Lipinski definition) is 5. The summed E-state index contributed by atoms with van der Waals surface area (Å²) >= 11 is 0. The Morgan fingerprint density at radius 3 is 2.76 bits per heavy atom. The topological polar surface area (TPSA) is 60.5 Å². The van der Waals surface area contributed by atoms with E-state index in [-0.39, 0.29) is 6.04 Å². The summed E-state index contributed by atoms with van der Waals surface area (Å²) in [6.45, 7) is 4.64. The fourth-order valence-electron chi connectivity index (χ4n) is 4.49. The number of carbonyl (C=O) groups is 1. The molecule has 1 aliphatic carbocycles. The van der Waals surface area contributed by atoms with Crippen LogP contribution in [0.1, 0.15) is 31.4 Å². The number of hydrazine groups is 1. The van der Waals surface area contributed by atoms with E-state index < -0.39 is 0 Å². The lowest BCUT2D eigenvalue weighted by atomic mass is 9.81. The Hall–Kier alpha value is -1.50. The van der Waals surface area contributed by atoms with Gasteiger partial charge in [-0.2, -0.15) is 0 Å². The van der Waals surface area contributed by atoms with Gasteiger partial charge in [-0.15, -0.1) is 0 Å². The average Bonchev–Trinajstić information content (AvgIpc) is 3.11. The summed E-state index contributed by atoms with van der Waals surface area (Å²) in [5.74, 6) is 0.773. The van der Waals surface area contributed by atoms with Crippen molar-refractivity contribution in [1.29, 1.82) is 0 Å². The zero-order valence-electron chi connectivity index (χ0n) is 14.9. The molecule has 2 N–H and O–H groups in total. The molecule has 0 aromatic carbocycles. The van der Waals surface area contributed by atoms with Crippen LogP contribution in [0.15, 0.2) is 24.4 Å². The van der Waals surface area contributed by atoms with Crippen LogP contribution in [0.25, 0.3) is 0 Å². The van der Waals surface area contributed by atoms with Gasteiger partial charge in [0.2, 0.25) is 5.91 Å². The standard InChI is InChI=1S/C19H29N5O/c25-19(18-16-6-1-2-7-17(16)21-22-18)24-13-11-23(12-14-24)10-8-15-5-3-4-9-20-15/h3-5,9,16-18,21-22H,1-2,6-8,10-14H2. The van der Waals surface area contributed by atoms with Crippen LogP contribution in [0, 0.1) is 5.92 Å². The lowest BCUT2D eigenvalue weighted by Crippen LogP contribution is -2.55. The van der Waals surface area contributed by atoms with E-state index in [0.29, 0.717) is 17.9 Å². The summed E-state index contributed by atoms with van der Waals surface area (Å²) in [5, 5.41) is 0. The van der Waals surface area contributed by atoms with Gasteiger partial charge in [-0.1, -0.05) is 18.9 Å². The number of fused-ring (bicyclic) bond motifs is 1. The second kappa shape index (κ2) is 7.81. The molecule has 2 aliphatic heterocycles. The first-order valence-electron chi connectivity index (χ1n) is 9.73. The molecular weight excluding hydrogens is 314 g/mol. The average molecular weight is 343 g/mol. The molecule has 1 amide bonds. The first kappa shape index (κ1) is 16.9. The van der Waals surface area contributed by atoms with E-state index in [1.54, 1.807) is 0 Å². The van der Waals surface area contributed by atoms with Crippen molar-refractivity contribution in [2.75, 3.05) is 32.7 Å². The van der Waals surface area contributed by atoms with Crippen molar-refractivity contribution in [3.8, 4) is 0 Å². The van der Waals surface area contributed by atoms with Crippen LogP contribution in [0.2, 0.25) is 0 Å². The number of pyridine rings is 1. The first-order chi connectivity index (χ1) is 12.3. The highest BCUT2D eigenvalue weighted by atomic mass is 16.2. The maximum absolute atomic E-state index is 12.9.